The Morgan fingerprint density at radius 1 is 1.24 bits per heavy atom. The molecule has 0 atom stereocenters. The summed E-state index contributed by atoms with van der Waals surface area (Å²) >= 11 is 0. The van der Waals surface area contributed by atoms with E-state index in [1.807, 2.05) is 4.57 Å². The van der Waals surface area contributed by atoms with Gasteiger partial charge >= 0.3 is 0 Å². The van der Waals surface area contributed by atoms with Crippen molar-refractivity contribution in [3.63, 3.8) is 0 Å². The Balaban J connectivity index is 1.80. The minimum absolute atomic E-state index is 0.0777. The Labute approximate surface area is 146 Å². The van der Waals surface area contributed by atoms with Gasteiger partial charge in [0.25, 0.3) is 5.91 Å². The van der Waals surface area contributed by atoms with Gasteiger partial charge in [0.2, 0.25) is 5.91 Å². The maximum atomic E-state index is 11.9. The lowest BCUT2D eigenvalue weighted by atomic mass is 10.3. The summed E-state index contributed by atoms with van der Waals surface area (Å²) in [6, 6.07) is 6.93. The molecule has 0 aliphatic heterocycles. The number of amides is 2. The number of carbonyl (C=O) groups is 2. The Bertz CT molecular complexity index is 714. The first-order valence-corrected chi connectivity index (χ1v) is 8.28. The van der Waals surface area contributed by atoms with Gasteiger partial charge in [0.1, 0.15) is 12.1 Å². The average Bonchev–Trinajstić information content (AvgIpc) is 3.06. The van der Waals surface area contributed by atoms with E-state index in [0.717, 1.165) is 13.0 Å². The molecular weight excluding hydrogens is 322 g/mol. The highest BCUT2D eigenvalue weighted by atomic mass is 16.5. The van der Waals surface area contributed by atoms with Crippen LogP contribution in [-0.4, -0.2) is 33.2 Å². The number of ether oxygens (including phenoxy) is 1. The van der Waals surface area contributed by atoms with Crippen molar-refractivity contribution in [2.75, 3.05) is 11.9 Å². The minimum atomic E-state index is -0.256. The molecule has 1 aromatic carbocycles. The van der Waals surface area contributed by atoms with Gasteiger partial charge in [-0.2, -0.15) is 0 Å². The van der Waals surface area contributed by atoms with Crippen molar-refractivity contribution in [2.45, 2.75) is 39.8 Å². The molecule has 2 aromatic rings. The Morgan fingerprint density at radius 2 is 2.08 bits per heavy atom. The number of rotatable bonds is 9. The molecule has 0 spiro atoms. The van der Waals surface area contributed by atoms with Crippen molar-refractivity contribution in [1.82, 2.24) is 20.1 Å². The van der Waals surface area contributed by atoms with Crippen molar-refractivity contribution >= 4 is 17.5 Å². The van der Waals surface area contributed by atoms with E-state index in [-0.39, 0.29) is 18.4 Å². The molecule has 1 aromatic heterocycles. The van der Waals surface area contributed by atoms with Crippen LogP contribution in [0, 0.1) is 0 Å². The summed E-state index contributed by atoms with van der Waals surface area (Å²) in [6.45, 7) is 4.83. The number of anilines is 1. The first kappa shape index (κ1) is 18.4. The SMILES string of the molecule is CCCn1cnnc1CNC(=O)COc1cccc(NC(=O)CC)c1. The van der Waals surface area contributed by atoms with Crippen LogP contribution in [0.1, 0.15) is 32.5 Å². The molecule has 2 amide bonds. The van der Waals surface area contributed by atoms with Gasteiger partial charge < -0.3 is 19.9 Å². The Morgan fingerprint density at radius 3 is 2.84 bits per heavy atom. The molecule has 2 N–H and O–H groups in total. The molecule has 0 unspecified atom stereocenters. The maximum Gasteiger partial charge on any atom is 0.258 e. The molecule has 0 bridgehead atoms. The largest absolute Gasteiger partial charge is 0.484 e. The Kier molecular flexibility index (Phi) is 6.94. The molecule has 0 radical (unpaired) electrons. The minimum Gasteiger partial charge on any atom is -0.484 e. The van der Waals surface area contributed by atoms with E-state index in [0.29, 0.717) is 30.2 Å². The maximum absolute atomic E-state index is 11.9. The zero-order chi connectivity index (χ0) is 18.1. The summed E-state index contributed by atoms with van der Waals surface area (Å²) < 4.78 is 7.37. The zero-order valence-electron chi connectivity index (χ0n) is 14.5. The molecule has 134 valence electrons. The third-order valence-corrected chi connectivity index (χ3v) is 3.41. The summed E-state index contributed by atoms with van der Waals surface area (Å²) in [5.74, 6) is 0.887. The predicted molar refractivity (Wildman–Crippen MR) is 93.0 cm³/mol. The van der Waals surface area contributed by atoms with E-state index in [4.69, 9.17) is 4.74 Å². The van der Waals surface area contributed by atoms with Gasteiger partial charge in [-0.1, -0.05) is 19.9 Å². The number of nitrogens with zero attached hydrogens (tertiary/aromatic N) is 3. The standard InChI is InChI=1S/C17H23N5O3/c1-3-8-22-12-19-21-15(22)10-18-17(24)11-25-14-7-5-6-13(9-14)20-16(23)4-2/h5-7,9,12H,3-4,8,10-11H2,1-2H3,(H,18,24)(H,20,23). The van der Waals surface area contributed by atoms with E-state index < -0.39 is 0 Å². The van der Waals surface area contributed by atoms with Gasteiger partial charge in [0.05, 0.1) is 6.54 Å². The summed E-state index contributed by atoms with van der Waals surface area (Å²) in [4.78, 5) is 23.3. The monoisotopic (exact) mass is 345 g/mol. The highest BCUT2D eigenvalue weighted by Crippen LogP contribution is 2.17. The zero-order valence-corrected chi connectivity index (χ0v) is 14.5. The molecule has 0 saturated heterocycles. The first-order valence-electron chi connectivity index (χ1n) is 8.28. The second kappa shape index (κ2) is 9.41. The van der Waals surface area contributed by atoms with Crippen LogP contribution in [0.15, 0.2) is 30.6 Å². The fraction of sp³-hybridized carbons (Fsp3) is 0.412. The summed E-state index contributed by atoms with van der Waals surface area (Å²) in [5, 5.41) is 13.3. The van der Waals surface area contributed by atoms with Gasteiger partial charge in [-0.25, -0.2) is 0 Å². The molecular formula is C17H23N5O3. The molecule has 25 heavy (non-hydrogen) atoms. The van der Waals surface area contributed by atoms with E-state index in [2.05, 4.69) is 27.8 Å². The lowest BCUT2D eigenvalue weighted by molar-refractivity contribution is -0.123. The van der Waals surface area contributed by atoms with Crippen LogP contribution in [0.4, 0.5) is 5.69 Å². The number of benzene rings is 1. The van der Waals surface area contributed by atoms with Crippen molar-refractivity contribution in [2.24, 2.45) is 0 Å². The number of hydrogen-bond acceptors (Lipinski definition) is 5. The number of aromatic nitrogens is 3. The van der Waals surface area contributed by atoms with Gasteiger partial charge in [0.15, 0.2) is 12.4 Å². The van der Waals surface area contributed by atoms with Gasteiger partial charge in [0, 0.05) is 24.7 Å². The van der Waals surface area contributed by atoms with Crippen molar-refractivity contribution < 1.29 is 14.3 Å². The molecule has 0 aliphatic carbocycles. The fourth-order valence-corrected chi connectivity index (χ4v) is 2.13. The average molecular weight is 345 g/mol. The number of carbonyl (C=O) groups excluding carboxylic acids is 2. The Hall–Kier alpha value is -2.90. The van der Waals surface area contributed by atoms with Crippen molar-refractivity contribution in [3.8, 4) is 5.75 Å². The number of aryl methyl sites for hydroxylation is 1. The van der Waals surface area contributed by atoms with Gasteiger partial charge in [-0.15, -0.1) is 10.2 Å². The highest BCUT2D eigenvalue weighted by molar-refractivity contribution is 5.90. The van der Waals surface area contributed by atoms with E-state index in [9.17, 15) is 9.59 Å². The van der Waals surface area contributed by atoms with Crippen molar-refractivity contribution in [1.29, 1.82) is 0 Å². The van der Waals surface area contributed by atoms with Crippen molar-refractivity contribution in [3.05, 3.63) is 36.4 Å². The first-order chi connectivity index (χ1) is 12.1. The van der Waals surface area contributed by atoms with Crippen LogP contribution in [0.3, 0.4) is 0 Å². The highest BCUT2D eigenvalue weighted by Gasteiger charge is 2.08. The van der Waals surface area contributed by atoms with E-state index in [1.165, 1.54) is 0 Å². The normalized spacial score (nSPS) is 10.3. The quantitative estimate of drug-likeness (QED) is 0.721. The predicted octanol–water partition coefficient (Wildman–Crippen LogP) is 1.73. The second-order valence-corrected chi connectivity index (χ2v) is 5.44. The third-order valence-electron chi connectivity index (χ3n) is 3.41. The smallest absolute Gasteiger partial charge is 0.258 e. The van der Waals surface area contributed by atoms with Crippen LogP contribution in [0.2, 0.25) is 0 Å². The topological polar surface area (TPSA) is 98.1 Å². The molecule has 0 fully saturated rings. The van der Waals surface area contributed by atoms with Crippen LogP contribution < -0.4 is 15.4 Å². The van der Waals surface area contributed by atoms with Crippen LogP contribution >= 0.6 is 0 Å². The number of hydrogen-bond donors (Lipinski definition) is 2. The molecule has 8 heteroatoms. The molecule has 1 heterocycles. The lowest BCUT2D eigenvalue weighted by Crippen LogP contribution is -2.29. The summed E-state index contributed by atoms with van der Waals surface area (Å²) in [6.07, 6.45) is 3.01. The van der Waals surface area contributed by atoms with Crippen LogP contribution in [0.5, 0.6) is 5.75 Å². The fourth-order valence-electron chi connectivity index (χ4n) is 2.13. The van der Waals surface area contributed by atoms with E-state index in [1.54, 1.807) is 37.5 Å². The molecule has 8 nitrogen and oxygen atoms in total. The van der Waals surface area contributed by atoms with Crippen LogP contribution in [-0.2, 0) is 22.7 Å². The molecule has 2 rings (SSSR count). The van der Waals surface area contributed by atoms with Gasteiger partial charge in [-0.3, -0.25) is 9.59 Å². The third kappa shape index (κ3) is 5.91. The molecule has 0 aliphatic rings. The van der Waals surface area contributed by atoms with Gasteiger partial charge in [-0.05, 0) is 18.6 Å². The summed E-state index contributed by atoms with van der Waals surface area (Å²) in [7, 11) is 0. The van der Waals surface area contributed by atoms with Crippen LogP contribution in [0.25, 0.3) is 0 Å². The summed E-state index contributed by atoms with van der Waals surface area (Å²) in [5.41, 5.74) is 0.637. The number of nitrogens with one attached hydrogen (secondary N) is 2. The second-order valence-electron chi connectivity index (χ2n) is 5.44. The molecule has 0 saturated carbocycles. The lowest BCUT2D eigenvalue weighted by Gasteiger charge is -2.10. The van der Waals surface area contributed by atoms with E-state index >= 15 is 0 Å².